The van der Waals surface area contributed by atoms with Crippen LogP contribution in [0.15, 0.2) is 231 Å². The largest absolute Gasteiger partial charge is 0.456 e. The summed E-state index contributed by atoms with van der Waals surface area (Å²) in [4.78, 5) is 4.63. The Kier molecular flexibility index (Phi) is 8.49. The van der Waals surface area contributed by atoms with Crippen LogP contribution in [0.25, 0.3) is 54.9 Å². The SMILES string of the molecule is c1ccc(-c2ccccc2N(c2ccccc2)c2ccc(-c3ccc4cc5c6c(cccc6c4c3)Oc3cc(N(c4ccccc4)c4ccccc4)ccc3-5)cc2)cc1. The molecule has 0 N–H and O–H groups in total. The van der Waals surface area contributed by atoms with E-state index in [9.17, 15) is 0 Å². The molecule has 11 rings (SSSR count). The van der Waals surface area contributed by atoms with Crippen LogP contribution in [-0.4, -0.2) is 0 Å². The highest BCUT2D eigenvalue weighted by atomic mass is 16.5. The van der Waals surface area contributed by atoms with Crippen molar-refractivity contribution in [3.63, 3.8) is 0 Å². The zero-order valence-electron chi connectivity index (χ0n) is 32.2. The third-order valence-electron chi connectivity index (χ3n) is 11.4. The summed E-state index contributed by atoms with van der Waals surface area (Å²) in [5.41, 5.74) is 13.6. The standard InChI is InChI=1S/C56H38N2O/c1-5-16-40(17-6-1)48-24-13-14-26-53(48)58(45-22-11-4-12-23-45)46-32-30-39(31-33-46)41-28-29-42-37-52-49-35-34-47(57(43-18-7-2-8-19-43)44-20-9-3-10-21-44)38-55(49)59-54-27-15-25-50(56(52)54)51(42)36-41/h1-38H. The van der Waals surface area contributed by atoms with Gasteiger partial charge >= 0.3 is 0 Å². The Hall–Kier alpha value is -7.88. The highest BCUT2D eigenvalue weighted by Crippen LogP contribution is 2.51. The van der Waals surface area contributed by atoms with Gasteiger partial charge < -0.3 is 14.5 Å². The van der Waals surface area contributed by atoms with Crippen LogP contribution in [0.3, 0.4) is 0 Å². The molecule has 0 saturated heterocycles. The molecule has 0 unspecified atom stereocenters. The number of nitrogens with zero attached hydrogens (tertiary/aromatic N) is 2. The van der Waals surface area contributed by atoms with E-state index in [0.29, 0.717) is 0 Å². The van der Waals surface area contributed by atoms with Gasteiger partial charge in [0.15, 0.2) is 0 Å². The van der Waals surface area contributed by atoms with Crippen molar-refractivity contribution in [2.75, 3.05) is 9.80 Å². The second-order valence-electron chi connectivity index (χ2n) is 14.9. The van der Waals surface area contributed by atoms with Gasteiger partial charge in [0, 0.05) is 51.0 Å². The van der Waals surface area contributed by atoms with E-state index in [2.05, 4.69) is 240 Å². The van der Waals surface area contributed by atoms with E-state index < -0.39 is 0 Å². The maximum atomic E-state index is 6.79. The van der Waals surface area contributed by atoms with E-state index in [0.717, 1.165) is 62.1 Å². The van der Waals surface area contributed by atoms with Crippen molar-refractivity contribution in [1.82, 2.24) is 0 Å². The molecule has 59 heavy (non-hydrogen) atoms. The fraction of sp³-hybridized carbons (Fsp3) is 0. The lowest BCUT2D eigenvalue weighted by molar-refractivity contribution is 0.487. The maximum absolute atomic E-state index is 6.79. The first-order valence-electron chi connectivity index (χ1n) is 20.1. The molecule has 0 fully saturated rings. The molecule has 278 valence electrons. The summed E-state index contributed by atoms with van der Waals surface area (Å²) in [5, 5.41) is 4.74. The Morgan fingerprint density at radius 2 is 0.864 bits per heavy atom. The zero-order chi connectivity index (χ0) is 39.1. The highest BCUT2D eigenvalue weighted by Gasteiger charge is 2.24. The van der Waals surface area contributed by atoms with Gasteiger partial charge in [0.25, 0.3) is 0 Å². The van der Waals surface area contributed by atoms with Crippen molar-refractivity contribution in [2.24, 2.45) is 0 Å². The second kappa shape index (κ2) is 14.6. The first kappa shape index (κ1) is 34.4. The van der Waals surface area contributed by atoms with Crippen LogP contribution in [0.4, 0.5) is 34.1 Å². The number of anilines is 6. The van der Waals surface area contributed by atoms with Crippen LogP contribution in [0.1, 0.15) is 0 Å². The molecular formula is C56H38N2O. The Morgan fingerprint density at radius 3 is 1.56 bits per heavy atom. The number of fused-ring (bicyclic) bond motifs is 4. The average molecular weight is 755 g/mol. The summed E-state index contributed by atoms with van der Waals surface area (Å²) >= 11 is 0. The predicted octanol–water partition coefficient (Wildman–Crippen LogP) is 16.0. The van der Waals surface area contributed by atoms with E-state index in [-0.39, 0.29) is 0 Å². The van der Waals surface area contributed by atoms with E-state index in [1.165, 1.54) is 38.4 Å². The van der Waals surface area contributed by atoms with Crippen LogP contribution in [0, 0.1) is 0 Å². The molecule has 3 nitrogen and oxygen atoms in total. The Labute approximate surface area is 344 Å². The predicted molar refractivity (Wildman–Crippen MR) is 247 cm³/mol. The van der Waals surface area contributed by atoms with Gasteiger partial charge in [-0.2, -0.15) is 0 Å². The quantitative estimate of drug-likeness (QED) is 0.144. The summed E-state index contributed by atoms with van der Waals surface area (Å²) in [5.74, 6) is 1.73. The molecule has 0 amide bonds. The van der Waals surface area contributed by atoms with Gasteiger partial charge in [0.05, 0.1) is 5.69 Å². The van der Waals surface area contributed by atoms with Crippen molar-refractivity contribution in [3.8, 4) is 44.9 Å². The maximum Gasteiger partial charge on any atom is 0.137 e. The van der Waals surface area contributed by atoms with Gasteiger partial charge in [0.2, 0.25) is 0 Å². The van der Waals surface area contributed by atoms with Gasteiger partial charge in [0.1, 0.15) is 11.5 Å². The lowest BCUT2D eigenvalue weighted by Gasteiger charge is -2.28. The van der Waals surface area contributed by atoms with Gasteiger partial charge in [-0.25, -0.2) is 0 Å². The molecule has 0 radical (unpaired) electrons. The molecule has 0 spiro atoms. The fourth-order valence-electron chi connectivity index (χ4n) is 8.67. The van der Waals surface area contributed by atoms with E-state index in [1.54, 1.807) is 0 Å². The van der Waals surface area contributed by atoms with Crippen LogP contribution in [0.5, 0.6) is 11.5 Å². The third-order valence-corrected chi connectivity index (χ3v) is 11.4. The lowest BCUT2D eigenvalue weighted by Crippen LogP contribution is -2.11. The molecule has 10 aromatic carbocycles. The molecule has 10 aromatic rings. The van der Waals surface area contributed by atoms with Gasteiger partial charge in [-0.1, -0.05) is 140 Å². The third kappa shape index (κ3) is 6.17. The summed E-state index contributed by atoms with van der Waals surface area (Å²) in [6.45, 7) is 0. The first-order chi connectivity index (χ1) is 29.3. The van der Waals surface area contributed by atoms with Crippen LogP contribution in [0.2, 0.25) is 0 Å². The van der Waals surface area contributed by atoms with Crippen molar-refractivity contribution in [2.45, 2.75) is 0 Å². The monoisotopic (exact) mass is 754 g/mol. The van der Waals surface area contributed by atoms with Gasteiger partial charge in [-0.05, 0) is 123 Å². The first-order valence-corrected chi connectivity index (χ1v) is 20.1. The van der Waals surface area contributed by atoms with Gasteiger partial charge in [-0.15, -0.1) is 0 Å². The number of hydrogen-bond acceptors (Lipinski definition) is 3. The van der Waals surface area contributed by atoms with Crippen LogP contribution in [-0.2, 0) is 0 Å². The average Bonchev–Trinajstić information content (AvgIpc) is 3.31. The number of benzene rings is 10. The lowest BCUT2D eigenvalue weighted by atomic mass is 9.89. The molecule has 0 bridgehead atoms. The van der Waals surface area contributed by atoms with Crippen LogP contribution >= 0.6 is 0 Å². The second-order valence-corrected chi connectivity index (χ2v) is 14.9. The van der Waals surface area contributed by atoms with Gasteiger partial charge in [-0.3, -0.25) is 0 Å². The Morgan fingerprint density at radius 1 is 0.288 bits per heavy atom. The number of hydrogen-bond donors (Lipinski definition) is 0. The summed E-state index contributed by atoms with van der Waals surface area (Å²) < 4.78 is 6.79. The fourth-order valence-corrected chi connectivity index (χ4v) is 8.67. The smallest absolute Gasteiger partial charge is 0.137 e. The van der Waals surface area contributed by atoms with Crippen molar-refractivity contribution in [3.05, 3.63) is 231 Å². The Bertz CT molecular complexity index is 3070. The molecule has 0 saturated carbocycles. The molecule has 1 aliphatic rings. The molecule has 0 aromatic heterocycles. The normalized spacial score (nSPS) is 11.5. The molecule has 1 heterocycles. The van der Waals surface area contributed by atoms with E-state index in [4.69, 9.17) is 4.74 Å². The van der Waals surface area contributed by atoms with Crippen molar-refractivity contribution < 1.29 is 4.74 Å². The minimum Gasteiger partial charge on any atom is -0.456 e. The number of rotatable bonds is 8. The molecule has 0 aliphatic carbocycles. The Balaban J connectivity index is 0.972. The number of para-hydroxylation sites is 4. The summed E-state index contributed by atoms with van der Waals surface area (Å²) in [6.07, 6.45) is 0. The molecule has 3 heteroatoms. The van der Waals surface area contributed by atoms with E-state index in [1.807, 2.05) is 0 Å². The number of ether oxygens (including phenoxy) is 1. The summed E-state index contributed by atoms with van der Waals surface area (Å²) in [7, 11) is 0. The topological polar surface area (TPSA) is 15.7 Å². The molecular weight excluding hydrogens is 717 g/mol. The minimum absolute atomic E-state index is 0.853. The molecule has 1 aliphatic heterocycles. The summed E-state index contributed by atoms with van der Waals surface area (Å²) in [6, 6.07) is 82.1. The van der Waals surface area contributed by atoms with Crippen molar-refractivity contribution in [1.29, 1.82) is 0 Å². The zero-order valence-corrected chi connectivity index (χ0v) is 32.2. The minimum atomic E-state index is 0.853. The van der Waals surface area contributed by atoms with Crippen LogP contribution < -0.4 is 14.5 Å². The van der Waals surface area contributed by atoms with E-state index >= 15 is 0 Å². The molecule has 0 atom stereocenters. The highest BCUT2D eigenvalue weighted by molar-refractivity contribution is 6.18. The van der Waals surface area contributed by atoms with Crippen molar-refractivity contribution >= 4 is 55.7 Å².